The zero-order valence-electron chi connectivity index (χ0n) is 9.62. The molecule has 1 aromatic rings. The molecule has 0 saturated carbocycles. The Hall–Kier alpha value is -1.03. The van der Waals surface area contributed by atoms with E-state index in [9.17, 15) is 4.79 Å². The third-order valence-corrected chi connectivity index (χ3v) is 2.89. The van der Waals surface area contributed by atoms with Crippen LogP contribution in [-0.2, 0) is 4.74 Å². The summed E-state index contributed by atoms with van der Waals surface area (Å²) in [4.78, 5) is 11.7. The minimum absolute atomic E-state index is 0.0617. The monoisotopic (exact) mass is 286 g/mol. The molecular formula is C12H15BrO3. The highest BCUT2D eigenvalue weighted by Gasteiger charge is 2.12. The smallest absolute Gasteiger partial charge is 0.338 e. The van der Waals surface area contributed by atoms with Gasteiger partial charge in [-0.15, -0.1) is 0 Å². The summed E-state index contributed by atoms with van der Waals surface area (Å²) in [5.74, 6) is 0.387. The van der Waals surface area contributed by atoms with Crippen molar-refractivity contribution >= 4 is 21.9 Å². The van der Waals surface area contributed by atoms with Gasteiger partial charge in [-0.2, -0.15) is 0 Å². The molecule has 1 unspecified atom stereocenters. The van der Waals surface area contributed by atoms with Crippen LogP contribution in [0.15, 0.2) is 22.7 Å². The molecule has 0 aromatic heterocycles. The van der Waals surface area contributed by atoms with Gasteiger partial charge < -0.3 is 9.47 Å². The first kappa shape index (κ1) is 13.0. The molecule has 1 rings (SSSR count). The molecule has 0 spiro atoms. The van der Waals surface area contributed by atoms with Gasteiger partial charge in [-0.05, 0) is 47.5 Å². The lowest BCUT2D eigenvalue weighted by molar-refractivity contribution is 0.0334. The Labute approximate surface area is 104 Å². The summed E-state index contributed by atoms with van der Waals surface area (Å²) in [6.45, 7) is 3.85. The second kappa shape index (κ2) is 5.89. The Morgan fingerprint density at radius 3 is 2.69 bits per heavy atom. The normalized spacial score (nSPS) is 12.0. The van der Waals surface area contributed by atoms with Gasteiger partial charge in [0.2, 0.25) is 0 Å². The maximum absolute atomic E-state index is 11.7. The van der Waals surface area contributed by atoms with Crippen LogP contribution < -0.4 is 4.74 Å². The number of esters is 1. The highest BCUT2D eigenvalue weighted by molar-refractivity contribution is 9.10. The van der Waals surface area contributed by atoms with E-state index in [0.29, 0.717) is 11.3 Å². The summed E-state index contributed by atoms with van der Waals surface area (Å²) >= 11 is 3.33. The first-order valence-corrected chi connectivity index (χ1v) is 5.92. The average molecular weight is 287 g/mol. The van der Waals surface area contributed by atoms with Crippen molar-refractivity contribution in [3.8, 4) is 5.75 Å². The van der Waals surface area contributed by atoms with Gasteiger partial charge >= 0.3 is 5.97 Å². The fourth-order valence-electron chi connectivity index (χ4n) is 1.13. The molecule has 0 saturated heterocycles. The van der Waals surface area contributed by atoms with Crippen LogP contribution in [-0.4, -0.2) is 19.2 Å². The van der Waals surface area contributed by atoms with Crippen LogP contribution in [0, 0.1) is 0 Å². The highest BCUT2D eigenvalue weighted by atomic mass is 79.9. The molecular weight excluding hydrogens is 272 g/mol. The van der Waals surface area contributed by atoms with Gasteiger partial charge in [0.25, 0.3) is 0 Å². The van der Waals surface area contributed by atoms with E-state index in [-0.39, 0.29) is 12.1 Å². The van der Waals surface area contributed by atoms with Crippen molar-refractivity contribution in [2.75, 3.05) is 7.11 Å². The molecule has 0 fully saturated rings. The number of carbonyl (C=O) groups is 1. The van der Waals surface area contributed by atoms with E-state index >= 15 is 0 Å². The Kier molecular flexibility index (Phi) is 4.80. The minimum atomic E-state index is -0.308. The first-order valence-electron chi connectivity index (χ1n) is 5.13. The van der Waals surface area contributed by atoms with Crippen LogP contribution in [0.25, 0.3) is 0 Å². The molecule has 1 aromatic carbocycles. The fraction of sp³-hybridized carbons (Fsp3) is 0.417. The van der Waals surface area contributed by atoms with E-state index in [2.05, 4.69) is 15.9 Å². The predicted molar refractivity (Wildman–Crippen MR) is 65.9 cm³/mol. The summed E-state index contributed by atoms with van der Waals surface area (Å²) in [6, 6.07) is 5.12. The molecule has 0 radical (unpaired) electrons. The van der Waals surface area contributed by atoms with Crippen LogP contribution in [0.2, 0.25) is 0 Å². The van der Waals surface area contributed by atoms with Crippen LogP contribution in [0.3, 0.4) is 0 Å². The minimum Gasteiger partial charge on any atom is -0.496 e. The number of carbonyl (C=O) groups excluding carboxylic acids is 1. The van der Waals surface area contributed by atoms with Crippen LogP contribution in [0.5, 0.6) is 5.75 Å². The summed E-state index contributed by atoms with van der Waals surface area (Å²) in [7, 11) is 1.58. The van der Waals surface area contributed by atoms with Gasteiger partial charge in [0.05, 0.1) is 23.2 Å². The Morgan fingerprint density at radius 2 is 2.19 bits per heavy atom. The van der Waals surface area contributed by atoms with Gasteiger partial charge in [0.15, 0.2) is 0 Å². The van der Waals surface area contributed by atoms with E-state index in [4.69, 9.17) is 9.47 Å². The van der Waals surface area contributed by atoms with Crippen molar-refractivity contribution in [2.24, 2.45) is 0 Å². The predicted octanol–water partition coefficient (Wildman–Crippen LogP) is 3.41. The molecule has 88 valence electrons. The summed E-state index contributed by atoms with van der Waals surface area (Å²) < 4.78 is 11.0. The Morgan fingerprint density at radius 1 is 1.50 bits per heavy atom. The summed E-state index contributed by atoms with van der Waals surface area (Å²) in [6.07, 6.45) is 0.747. The average Bonchev–Trinajstić information content (AvgIpc) is 2.28. The Bertz CT molecular complexity index is 377. The molecule has 0 amide bonds. The van der Waals surface area contributed by atoms with E-state index in [1.54, 1.807) is 25.3 Å². The van der Waals surface area contributed by atoms with Gasteiger partial charge in [-0.1, -0.05) is 6.92 Å². The molecule has 3 nitrogen and oxygen atoms in total. The van der Waals surface area contributed by atoms with Crippen molar-refractivity contribution in [1.29, 1.82) is 0 Å². The topological polar surface area (TPSA) is 35.5 Å². The Balaban J connectivity index is 2.81. The van der Waals surface area contributed by atoms with Crippen LogP contribution in [0.1, 0.15) is 30.6 Å². The SMILES string of the molecule is CCC(C)OC(=O)c1ccc(OC)c(Br)c1. The number of ether oxygens (including phenoxy) is 2. The molecule has 0 heterocycles. The van der Waals surface area contributed by atoms with Crippen molar-refractivity contribution in [2.45, 2.75) is 26.4 Å². The third-order valence-electron chi connectivity index (χ3n) is 2.27. The third kappa shape index (κ3) is 3.23. The van der Waals surface area contributed by atoms with Gasteiger partial charge in [-0.25, -0.2) is 4.79 Å². The van der Waals surface area contributed by atoms with E-state index in [0.717, 1.165) is 10.9 Å². The lowest BCUT2D eigenvalue weighted by Crippen LogP contribution is -2.13. The molecule has 1 atom stereocenters. The lowest BCUT2D eigenvalue weighted by atomic mass is 10.2. The van der Waals surface area contributed by atoms with Crippen LogP contribution in [0.4, 0.5) is 0 Å². The molecule has 0 N–H and O–H groups in total. The van der Waals surface area contributed by atoms with Crippen molar-refractivity contribution in [3.05, 3.63) is 28.2 Å². The molecule has 0 aliphatic rings. The number of hydrogen-bond acceptors (Lipinski definition) is 3. The quantitative estimate of drug-likeness (QED) is 0.796. The number of methoxy groups -OCH3 is 1. The maximum Gasteiger partial charge on any atom is 0.338 e. The van der Waals surface area contributed by atoms with Gasteiger partial charge in [-0.3, -0.25) is 0 Å². The van der Waals surface area contributed by atoms with E-state index in [1.165, 1.54) is 0 Å². The number of benzene rings is 1. The van der Waals surface area contributed by atoms with Crippen molar-refractivity contribution < 1.29 is 14.3 Å². The number of rotatable bonds is 4. The van der Waals surface area contributed by atoms with E-state index in [1.807, 2.05) is 13.8 Å². The van der Waals surface area contributed by atoms with E-state index < -0.39 is 0 Å². The second-order valence-electron chi connectivity index (χ2n) is 3.47. The first-order chi connectivity index (χ1) is 7.58. The van der Waals surface area contributed by atoms with Gasteiger partial charge in [0.1, 0.15) is 5.75 Å². The second-order valence-corrected chi connectivity index (χ2v) is 4.33. The number of halogens is 1. The molecule has 0 aliphatic heterocycles. The molecule has 0 bridgehead atoms. The fourth-order valence-corrected chi connectivity index (χ4v) is 1.67. The molecule has 0 aliphatic carbocycles. The number of hydrogen-bond donors (Lipinski definition) is 0. The summed E-state index contributed by atoms with van der Waals surface area (Å²) in [5, 5.41) is 0. The lowest BCUT2D eigenvalue weighted by Gasteiger charge is -2.11. The zero-order valence-corrected chi connectivity index (χ0v) is 11.2. The van der Waals surface area contributed by atoms with Crippen molar-refractivity contribution in [1.82, 2.24) is 0 Å². The zero-order chi connectivity index (χ0) is 12.1. The summed E-state index contributed by atoms with van der Waals surface area (Å²) in [5.41, 5.74) is 0.521. The van der Waals surface area contributed by atoms with Crippen molar-refractivity contribution in [3.63, 3.8) is 0 Å². The standard InChI is InChI=1S/C12H15BrO3/c1-4-8(2)16-12(14)9-5-6-11(15-3)10(13)7-9/h5-8H,4H2,1-3H3. The largest absolute Gasteiger partial charge is 0.496 e. The van der Waals surface area contributed by atoms with Crippen LogP contribution >= 0.6 is 15.9 Å². The molecule has 16 heavy (non-hydrogen) atoms. The highest BCUT2D eigenvalue weighted by Crippen LogP contribution is 2.25. The molecule has 4 heteroatoms. The maximum atomic E-state index is 11.7. The van der Waals surface area contributed by atoms with Gasteiger partial charge in [0, 0.05) is 0 Å².